The van der Waals surface area contributed by atoms with Crippen LogP contribution >= 0.6 is 38.9 Å². The molecule has 2 nitrogen and oxygen atoms in total. The number of aliphatic hydroxyl groups is 1. The number of hydrogen-bond donors (Lipinski definition) is 1. The van der Waals surface area contributed by atoms with Gasteiger partial charge in [0.2, 0.25) is 0 Å². The standard InChI is InChI=1S/C12H10BrClO2S/c1-16-11-3-2-7(14)4-8(11)12(15)9-5-17-6-10(9)13/h2-6,12,15H,1H3. The van der Waals surface area contributed by atoms with Crippen molar-refractivity contribution >= 4 is 38.9 Å². The van der Waals surface area contributed by atoms with E-state index < -0.39 is 6.10 Å². The number of halogens is 2. The lowest BCUT2D eigenvalue weighted by molar-refractivity contribution is 0.214. The molecule has 0 aliphatic heterocycles. The smallest absolute Gasteiger partial charge is 0.125 e. The van der Waals surface area contributed by atoms with Gasteiger partial charge < -0.3 is 9.84 Å². The molecule has 0 radical (unpaired) electrons. The monoisotopic (exact) mass is 332 g/mol. The van der Waals surface area contributed by atoms with Gasteiger partial charge >= 0.3 is 0 Å². The summed E-state index contributed by atoms with van der Waals surface area (Å²) in [6, 6.07) is 5.20. The highest BCUT2D eigenvalue weighted by Crippen LogP contribution is 2.36. The summed E-state index contributed by atoms with van der Waals surface area (Å²) in [5.41, 5.74) is 1.48. The van der Waals surface area contributed by atoms with E-state index >= 15 is 0 Å². The first kappa shape index (κ1) is 12.9. The Kier molecular flexibility index (Phi) is 4.09. The van der Waals surface area contributed by atoms with Crippen LogP contribution in [0.3, 0.4) is 0 Å². The minimum atomic E-state index is -0.746. The van der Waals surface area contributed by atoms with Crippen molar-refractivity contribution in [3.05, 3.63) is 49.6 Å². The van der Waals surface area contributed by atoms with Crippen LogP contribution in [0.5, 0.6) is 5.75 Å². The van der Waals surface area contributed by atoms with Gasteiger partial charge in [0.1, 0.15) is 11.9 Å². The highest BCUT2D eigenvalue weighted by Gasteiger charge is 2.18. The molecule has 2 aromatic rings. The number of benzene rings is 1. The Morgan fingerprint density at radius 1 is 1.35 bits per heavy atom. The van der Waals surface area contributed by atoms with Crippen LogP contribution in [-0.4, -0.2) is 12.2 Å². The van der Waals surface area contributed by atoms with Gasteiger partial charge in [0, 0.05) is 26.0 Å². The lowest BCUT2D eigenvalue weighted by Crippen LogP contribution is -2.01. The first-order chi connectivity index (χ1) is 8.13. The molecule has 90 valence electrons. The zero-order chi connectivity index (χ0) is 12.4. The Bertz CT molecular complexity index is 527. The van der Waals surface area contributed by atoms with Crippen molar-refractivity contribution in [2.75, 3.05) is 7.11 Å². The average Bonchev–Trinajstić information content (AvgIpc) is 2.74. The normalized spacial score (nSPS) is 12.5. The molecule has 0 bridgehead atoms. The Hall–Kier alpha value is -0.550. The molecule has 0 aliphatic rings. The molecule has 5 heteroatoms. The van der Waals surface area contributed by atoms with Gasteiger partial charge in [-0.25, -0.2) is 0 Å². The van der Waals surface area contributed by atoms with E-state index in [1.165, 1.54) is 11.3 Å². The minimum absolute atomic E-state index is 0.575. The van der Waals surface area contributed by atoms with Crippen molar-refractivity contribution < 1.29 is 9.84 Å². The van der Waals surface area contributed by atoms with E-state index in [1.807, 2.05) is 10.8 Å². The highest BCUT2D eigenvalue weighted by atomic mass is 79.9. The van der Waals surface area contributed by atoms with Gasteiger partial charge in [-0.05, 0) is 39.5 Å². The van der Waals surface area contributed by atoms with Gasteiger partial charge in [0.05, 0.1) is 7.11 Å². The van der Waals surface area contributed by atoms with Crippen LogP contribution in [0.1, 0.15) is 17.2 Å². The van der Waals surface area contributed by atoms with E-state index in [0.29, 0.717) is 16.3 Å². The largest absolute Gasteiger partial charge is 0.496 e. The minimum Gasteiger partial charge on any atom is -0.496 e. The van der Waals surface area contributed by atoms with Crippen LogP contribution in [0.4, 0.5) is 0 Å². The molecule has 1 aromatic heterocycles. The predicted octanol–water partition coefficient (Wildman–Crippen LogP) is 4.25. The van der Waals surface area contributed by atoms with Gasteiger partial charge in [0.15, 0.2) is 0 Å². The van der Waals surface area contributed by atoms with Gasteiger partial charge in [-0.3, -0.25) is 0 Å². The van der Waals surface area contributed by atoms with Crippen LogP contribution in [0.15, 0.2) is 33.4 Å². The maximum atomic E-state index is 10.3. The van der Waals surface area contributed by atoms with E-state index in [2.05, 4.69) is 15.9 Å². The van der Waals surface area contributed by atoms with Crippen molar-refractivity contribution in [3.8, 4) is 5.75 Å². The molecule has 1 heterocycles. The second kappa shape index (κ2) is 5.40. The SMILES string of the molecule is COc1ccc(Cl)cc1C(O)c1cscc1Br. The summed E-state index contributed by atoms with van der Waals surface area (Å²) in [4.78, 5) is 0. The Morgan fingerprint density at radius 3 is 2.71 bits per heavy atom. The topological polar surface area (TPSA) is 29.5 Å². The van der Waals surface area contributed by atoms with Gasteiger partial charge in [-0.15, -0.1) is 0 Å². The molecule has 0 spiro atoms. The van der Waals surface area contributed by atoms with Crippen molar-refractivity contribution in [2.24, 2.45) is 0 Å². The molecule has 0 fully saturated rings. The summed E-state index contributed by atoms with van der Waals surface area (Å²) in [5.74, 6) is 0.625. The number of rotatable bonds is 3. The van der Waals surface area contributed by atoms with Crippen LogP contribution in [0, 0.1) is 0 Å². The molecule has 0 saturated heterocycles. The van der Waals surface area contributed by atoms with Crippen molar-refractivity contribution in [1.82, 2.24) is 0 Å². The van der Waals surface area contributed by atoms with Crippen LogP contribution in [-0.2, 0) is 0 Å². The number of thiophene rings is 1. The molecular formula is C12H10BrClO2S. The highest BCUT2D eigenvalue weighted by molar-refractivity contribution is 9.10. The average molecular weight is 334 g/mol. The Balaban J connectivity index is 2.46. The second-order valence-corrected chi connectivity index (χ2v) is 5.50. The van der Waals surface area contributed by atoms with Crippen molar-refractivity contribution in [3.63, 3.8) is 0 Å². The maximum absolute atomic E-state index is 10.3. The second-order valence-electron chi connectivity index (χ2n) is 3.46. The fourth-order valence-corrected chi connectivity index (χ4v) is 3.29. The third-order valence-corrected chi connectivity index (χ3v) is 4.41. The first-order valence-electron chi connectivity index (χ1n) is 4.86. The van der Waals surface area contributed by atoms with E-state index in [4.69, 9.17) is 16.3 Å². The van der Waals surface area contributed by atoms with Crippen LogP contribution in [0.2, 0.25) is 5.02 Å². The van der Waals surface area contributed by atoms with E-state index in [-0.39, 0.29) is 0 Å². The zero-order valence-electron chi connectivity index (χ0n) is 8.98. The maximum Gasteiger partial charge on any atom is 0.125 e. The zero-order valence-corrected chi connectivity index (χ0v) is 12.1. The third-order valence-electron chi connectivity index (χ3n) is 2.42. The van der Waals surface area contributed by atoms with Crippen molar-refractivity contribution in [2.45, 2.75) is 6.10 Å². The summed E-state index contributed by atoms with van der Waals surface area (Å²) in [7, 11) is 1.57. The summed E-state index contributed by atoms with van der Waals surface area (Å²) in [6.07, 6.45) is -0.746. The molecule has 1 N–H and O–H groups in total. The summed E-state index contributed by atoms with van der Waals surface area (Å²) in [6.45, 7) is 0. The molecule has 0 aliphatic carbocycles. The molecule has 1 aromatic carbocycles. The molecule has 1 unspecified atom stereocenters. The van der Waals surface area contributed by atoms with Crippen LogP contribution in [0.25, 0.3) is 0 Å². The lowest BCUT2D eigenvalue weighted by atomic mass is 10.0. The van der Waals surface area contributed by atoms with Crippen LogP contribution < -0.4 is 4.74 Å². The molecule has 0 saturated carbocycles. The Labute approximate surface area is 117 Å². The molecule has 0 amide bonds. The number of methoxy groups -OCH3 is 1. The van der Waals surface area contributed by atoms with Gasteiger partial charge in [-0.1, -0.05) is 11.6 Å². The fourth-order valence-electron chi connectivity index (χ4n) is 1.57. The Morgan fingerprint density at radius 2 is 2.12 bits per heavy atom. The molecule has 2 rings (SSSR count). The van der Waals surface area contributed by atoms with Gasteiger partial charge in [0.25, 0.3) is 0 Å². The molecule has 17 heavy (non-hydrogen) atoms. The molecule has 1 atom stereocenters. The number of aliphatic hydroxyl groups excluding tert-OH is 1. The van der Waals surface area contributed by atoms with Gasteiger partial charge in [-0.2, -0.15) is 11.3 Å². The molecular weight excluding hydrogens is 324 g/mol. The predicted molar refractivity (Wildman–Crippen MR) is 74.1 cm³/mol. The quantitative estimate of drug-likeness (QED) is 0.909. The van der Waals surface area contributed by atoms with E-state index in [9.17, 15) is 5.11 Å². The first-order valence-corrected chi connectivity index (χ1v) is 6.98. The van der Waals surface area contributed by atoms with E-state index in [0.717, 1.165) is 10.0 Å². The third kappa shape index (κ3) is 2.65. The summed E-state index contributed by atoms with van der Waals surface area (Å²) in [5, 5.41) is 14.7. The summed E-state index contributed by atoms with van der Waals surface area (Å²) < 4.78 is 6.11. The number of hydrogen-bond acceptors (Lipinski definition) is 3. The summed E-state index contributed by atoms with van der Waals surface area (Å²) >= 11 is 10.9. The van der Waals surface area contributed by atoms with E-state index in [1.54, 1.807) is 25.3 Å². The lowest BCUT2D eigenvalue weighted by Gasteiger charge is -2.14. The number of ether oxygens (including phenoxy) is 1. The van der Waals surface area contributed by atoms with Crippen molar-refractivity contribution in [1.29, 1.82) is 0 Å². The fraction of sp³-hybridized carbons (Fsp3) is 0.167.